The maximum absolute atomic E-state index is 12.1. The number of carbonyl (C=O) groups is 2. The van der Waals surface area contributed by atoms with Gasteiger partial charge in [0.15, 0.2) is 0 Å². The summed E-state index contributed by atoms with van der Waals surface area (Å²) in [6.07, 6.45) is 2.88. The van der Waals surface area contributed by atoms with Gasteiger partial charge in [0, 0.05) is 16.1 Å². The normalized spacial score (nSPS) is 10.6. The fraction of sp³-hybridized carbons (Fsp3) is 0.111. The Morgan fingerprint density at radius 3 is 2.52 bits per heavy atom. The fourth-order valence-electron chi connectivity index (χ4n) is 1.97. The van der Waals surface area contributed by atoms with Crippen molar-refractivity contribution in [3.63, 3.8) is 0 Å². The number of hydrogen-bond donors (Lipinski definition) is 2. The first-order chi connectivity index (χ1) is 11.9. The highest BCUT2D eigenvalue weighted by molar-refractivity contribution is 6.31. The molecule has 0 radical (unpaired) electrons. The van der Waals surface area contributed by atoms with E-state index in [1.165, 1.54) is 19.3 Å². The SMILES string of the molecule is COc1ccc(Cl)cc1C(=O)NNC(=O)/C=C/c1ccc(C)c(Cl)c1. The highest BCUT2D eigenvalue weighted by Crippen LogP contribution is 2.22. The third kappa shape index (κ3) is 5.24. The summed E-state index contributed by atoms with van der Waals surface area (Å²) in [7, 11) is 1.44. The van der Waals surface area contributed by atoms with E-state index in [-0.39, 0.29) is 5.56 Å². The number of hydrogen-bond acceptors (Lipinski definition) is 3. The molecule has 0 fully saturated rings. The van der Waals surface area contributed by atoms with Crippen LogP contribution in [0.1, 0.15) is 21.5 Å². The predicted molar refractivity (Wildman–Crippen MR) is 98.8 cm³/mol. The molecule has 0 aliphatic carbocycles. The number of nitrogens with one attached hydrogen (secondary N) is 2. The lowest BCUT2D eigenvalue weighted by Gasteiger charge is -2.09. The van der Waals surface area contributed by atoms with Crippen LogP contribution in [0.4, 0.5) is 0 Å². The van der Waals surface area contributed by atoms with Crippen LogP contribution in [0.15, 0.2) is 42.5 Å². The van der Waals surface area contributed by atoms with Gasteiger partial charge in [-0.2, -0.15) is 0 Å². The fourth-order valence-corrected chi connectivity index (χ4v) is 2.33. The van der Waals surface area contributed by atoms with E-state index in [0.717, 1.165) is 11.1 Å². The summed E-state index contributed by atoms with van der Waals surface area (Å²) < 4.78 is 5.10. The van der Waals surface area contributed by atoms with Crippen LogP contribution in [-0.4, -0.2) is 18.9 Å². The molecule has 0 heterocycles. The number of aryl methyl sites for hydroxylation is 1. The molecule has 2 N–H and O–H groups in total. The Hall–Kier alpha value is -2.50. The van der Waals surface area contributed by atoms with Gasteiger partial charge in [-0.15, -0.1) is 0 Å². The molecule has 7 heteroatoms. The Kier molecular flexibility index (Phi) is 6.44. The van der Waals surface area contributed by atoms with E-state index in [2.05, 4.69) is 10.9 Å². The van der Waals surface area contributed by atoms with Crippen LogP contribution in [-0.2, 0) is 4.79 Å². The Morgan fingerprint density at radius 2 is 1.84 bits per heavy atom. The molecule has 0 saturated heterocycles. The number of carbonyl (C=O) groups excluding carboxylic acids is 2. The summed E-state index contributed by atoms with van der Waals surface area (Å²) in [6, 6.07) is 10.1. The van der Waals surface area contributed by atoms with Gasteiger partial charge in [-0.05, 0) is 48.4 Å². The maximum Gasteiger partial charge on any atom is 0.273 e. The van der Waals surface area contributed by atoms with Gasteiger partial charge in [-0.3, -0.25) is 20.4 Å². The van der Waals surface area contributed by atoms with Crippen molar-refractivity contribution in [1.29, 1.82) is 0 Å². The lowest BCUT2D eigenvalue weighted by Crippen LogP contribution is -2.40. The first kappa shape index (κ1) is 18.8. The minimum Gasteiger partial charge on any atom is -0.496 e. The number of hydrazine groups is 1. The summed E-state index contributed by atoms with van der Waals surface area (Å²) in [5, 5.41) is 0.998. The van der Waals surface area contributed by atoms with E-state index < -0.39 is 11.8 Å². The van der Waals surface area contributed by atoms with Gasteiger partial charge in [0.1, 0.15) is 5.75 Å². The van der Waals surface area contributed by atoms with Crippen LogP contribution in [0.2, 0.25) is 10.0 Å². The molecule has 25 heavy (non-hydrogen) atoms. The minimum atomic E-state index is -0.542. The number of benzene rings is 2. The zero-order valence-corrected chi connectivity index (χ0v) is 15.1. The maximum atomic E-state index is 12.1. The second kappa shape index (κ2) is 8.55. The van der Waals surface area contributed by atoms with Gasteiger partial charge in [-0.25, -0.2) is 0 Å². The van der Waals surface area contributed by atoms with E-state index in [4.69, 9.17) is 27.9 Å². The van der Waals surface area contributed by atoms with Crippen LogP contribution < -0.4 is 15.6 Å². The third-order valence-corrected chi connectivity index (χ3v) is 3.97. The molecule has 0 saturated carbocycles. The molecule has 2 amide bonds. The topological polar surface area (TPSA) is 67.4 Å². The summed E-state index contributed by atoms with van der Waals surface area (Å²) in [5.74, 6) is -0.688. The summed E-state index contributed by atoms with van der Waals surface area (Å²) in [6.45, 7) is 1.89. The zero-order valence-electron chi connectivity index (χ0n) is 13.6. The van der Waals surface area contributed by atoms with Gasteiger partial charge in [0.2, 0.25) is 0 Å². The summed E-state index contributed by atoms with van der Waals surface area (Å²) >= 11 is 11.9. The van der Waals surface area contributed by atoms with Crippen molar-refractivity contribution in [1.82, 2.24) is 10.9 Å². The molecule has 130 valence electrons. The van der Waals surface area contributed by atoms with Gasteiger partial charge < -0.3 is 4.74 Å². The second-order valence-electron chi connectivity index (χ2n) is 5.13. The number of methoxy groups -OCH3 is 1. The predicted octanol–water partition coefficient (Wildman–Crippen LogP) is 3.78. The summed E-state index contributed by atoms with van der Waals surface area (Å²) in [5.41, 5.74) is 6.53. The molecular weight excluding hydrogens is 363 g/mol. The van der Waals surface area contributed by atoms with Gasteiger partial charge in [0.25, 0.3) is 11.8 Å². The lowest BCUT2D eigenvalue weighted by molar-refractivity contribution is -0.117. The van der Waals surface area contributed by atoms with Crippen molar-refractivity contribution >= 4 is 41.1 Å². The standard InChI is InChI=1S/C18H16Cl2N2O3/c1-11-3-4-12(9-15(11)20)5-8-17(23)21-22-18(24)14-10-13(19)6-7-16(14)25-2/h3-10H,1-2H3,(H,21,23)(H,22,24)/b8-5+. The van der Waals surface area contributed by atoms with Crippen LogP contribution >= 0.6 is 23.2 Å². The number of rotatable bonds is 4. The van der Waals surface area contributed by atoms with Crippen molar-refractivity contribution in [3.8, 4) is 5.75 Å². The Labute approximate surface area is 155 Å². The molecule has 2 aromatic rings. The van der Waals surface area contributed by atoms with Gasteiger partial charge in [-0.1, -0.05) is 35.3 Å². The first-order valence-electron chi connectivity index (χ1n) is 7.29. The zero-order chi connectivity index (χ0) is 18.4. The number of amides is 2. The summed E-state index contributed by atoms with van der Waals surface area (Å²) in [4.78, 5) is 24.0. The van der Waals surface area contributed by atoms with Crippen LogP contribution in [0.25, 0.3) is 6.08 Å². The van der Waals surface area contributed by atoms with Crippen molar-refractivity contribution < 1.29 is 14.3 Å². The second-order valence-corrected chi connectivity index (χ2v) is 5.97. The largest absolute Gasteiger partial charge is 0.496 e. The first-order valence-corrected chi connectivity index (χ1v) is 8.04. The molecule has 0 aromatic heterocycles. The minimum absolute atomic E-state index is 0.213. The average molecular weight is 379 g/mol. The van der Waals surface area contributed by atoms with Gasteiger partial charge in [0.05, 0.1) is 12.7 Å². The number of halogens is 2. The monoisotopic (exact) mass is 378 g/mol. The average Bonchev–Trinajstić information content (AvgIpc) is 2.60. The van der Waals surface area contributed by atoms with Crippen LogP contribution in [0.5, 0.6) is 5.75 Å². The van der Waals surface area contributed by atoms with E-state index in [1.54, 1.807) is 24.3 Å². The van der Waals surface area contributed by atoms with Crippen LogP contribution in [0, 0.1) is 6.92 Å². The highest BCUT2D eigenvalue weighted by Gasteiger charge is 2.13. The van der Waals surface area contributed by atoms with Crippen LogP contribution in [0.3, 0.4) is 0 Å². The molecule has 5 nitrogen and oxygen atoms in total. The molecule has 0 aliphatic heterocycles. The number of ether oxygens (including phenoxy) is 1. The molecular formula is C18H16Cl2N2O3. The van der Waals surface area contributed by atoms with E-state index in [0.29, 0.717) is 15.8 Å². The smallest absolute Gasteiger partial charge is 0.273 e. The molecule has 0 atom stereocenters. The Morgan fingerprint density at radius 1 is 1.08 bits per heavy atom. The Balaban J connectivity index is 1.97. The molecule has 0 unspecified atom stereocenters. The van der Waals surface area contributed by atoms with Crippen molar-refractivity contribution in [3.05, 3.63) is 69.2 Å². The van der Waals surface area contributed by atoms with Crippen molar-refractivity contribution in [2.75, 3.05) is 7.11 Å². The quantitative estimate of drug-likeness (QED) is 0.628. The van der Waals surface area contributed by atoms with Crippen molar-refractivity contribution in [2.24, 2.45) is 0 Å². The molecule has 2 rings (SSSR count). The van der Waals surface area contributed by atoms with E-state index >= 15 is 0 Å². The molecule has 2 aromatic carbocycles. The molecule has 0 bridgehead atoms. The molecule has 0 spiro atoms. The van der Waals surface area contributed by atoms with E-state index in [1.807, 2.05) is 19.1 Å². The highest BCUT2D eigenvalue weighted by atomic mass is 35.5. The lowest BCUT2D eigenvalue weighted by atomic mass is 10.1. The molecule has 0 aliphatic rings. The third-order valence-electron chi connectivity index (χ3n) is 3.33. The van der Waals surface area contributed by atoms with E-state index in [9.17, 15) is 9.59 Å². The van der Waals surface area contributed by atoms with Gasteiger partial charge >= 0.3 is 0 Å². The Bertz CT molecular complexity index is 835. The van der Waals surface area contributed by atoms with Crippen molar-refractivity contribution in [2.45, 2.75) is 6.92 Å².